The van der Waals surface area contributed by atoms with Crippen molar-refractivity contribution in [2.75, 3.05) is 0 Å². The van der Waals surface area contributed by atoms with Crippen molar-refractivity contribution < 1.29 is 0 Å². The molecule has 1 aliphatic heterocycles. The third-order valence-electron chi connectivity index (χ3n) is 2.74. The van der Waals surface area contributed by atoms with Crippen LogP contribution < -0.4 is 0 Å². The van der Waals surface area contributed by atoms with Gasteiger partial charge in [0.15, 0.2) is 0 Å². The lowest BCUT2D eigenvalue weighted by Gasteiger charge is -2.30. The van der Waals surface area contributed by atoms with Gasteiger partial charge in [0, 0.05) is 5.92 Å². The van der Waals surface area contributed by atoms with E-state index in [-0.39, 0.29) is 0 Å². The molecule has 2 rings (SSSR count). The third-order valence-corrected chi connectivity index (χ3v) is 4.04. The van der Waals surface area contributed by atoms with E-state index in [2.05, 4.69) is 19.0 Å². The molecule has 1 saturated carbocycles. The Morgan fingerprint density at radius 2 is 2.44 bits per heavy atom. The van der Waals surface area contributed by atoms with E-state index in [0.29, 0.717) is 4.75 Å². The maximum atomic E-state index is 3.41. The van der Waals surface area contributed by atoms with E-state index >= 15 is 0 Å². The minimum atomic E-state index is 0.611. The van der Waals surface area contributed by atoms with Gasteiger partial charge in [-0.25, -0.2) is 0 Å². The number of rotatable bonds is 0. The van der Waals surface area contributed by atoms with Gasteiger partial charge in [0.25, 0.3) is 0 Å². The highest BCUT2D eigenvalue weighted by Crippen LogP contribution is 2.50. The molecule has 0 amide bonds. The van der Waals surface area contributed by atoms with Crippen molar-refractivity contribution in [1.82, 2.24) is 0 Å². The maximum absolute atomic E-state index is 3.41. The van der Waals surface area contributed by atoms with E-state index < -0.39 is 0 Å². The lowest BCUT2D eigenvalue weighted by molar-refractivity contribution is 0.463. The summed E-state index contributed by atoms with van der Waals surface area (Å²) in [6, 6.07) is 0. The molecule has 0 N–H and O–H groups in total. The number of hydrogen-bond acceptors (Lipinski definition) is 0. The first-order valence-electron chi connectivity index (χ1n) is 3.66. The molecule has 1 aliphatic carbocycles. The molecule has 1 fully saturated rings. The molecule has 0 aromatic rings. The summed E-state index contributed by atoms with van der Waals surface area (Å²) < 4.78 is 0.611. The third kappa shape index (κ3) is 0.595. The molecule has 9 heavy (non-hydrogen) atoms. The largest absolute Gasteiger partial charge is 0.127 e. The standard InChI is InChI=1S/C8H12S/c1-6-3-4-8(2)7(6)5-9-8/h6-7H,3-4H2,1-2H3/t6-,7?,8?/m1/s1. The van der Waals surface area contributed by atoms with Crippen LogP contribution in [0.3, 0.4) is 0 Å². The Bertz CT molecular complexity index is 198. The highest BCUT2D eigenvalue weighted by atomic mass is 32.1. The van der Waals surface area contributed by atoms with Gasteiger partial charge in [-0.2, -0.15) is 0 Å². The van der Waals surface area contributed by atoms with Crippen LogP contribution in [0.25, 0.3) is 0 Å². The van der Waals surface area contributed by atoms with Crippen molar-refractivity contribution >= 4 is 11.2 Å². The van der Waals surface area contributed by atoms with Crippen LogP contribution in [0, 0.1) is 17.0 Å². The Kier molecular flexibility index (Phi) is 0.980. The van der Waals surface area contributed by atoms with Crippen molar-refractivity contribution in [3.05, 3.63) is 0 Å². The van der Waals surface area contributed by atoms with Crippen LogP contribution >= 0.6 is 11.2 Å². The van der Waals surface area contributed by atoms with Crippen molar-refractivity contribution in [3.8, 4) is 5.18 Å². The van der Waals surface area contributed by atoms with Crippen LogP contribution in [-0.4, -0.2) is 4.75 Å². The monoisotopic (exact) mass is 140 g/mol. The summed E-state index contributed by atoms with van der Waals surface area (Å²) >= 11 is 1.93. The molecule has 0 saturated heterocycles. The highest BCUT2D eigenvalue weighted by Gasteiger charge is 2.45. The fourth-order valence-corrected chi connectivity index (χ4v) is 3.27. The molecule has 0 radical (unpaired) electrons. The molecule has 0 nitrogen and oxygen atoms in total. The van der Waals surface area contributed by atoms with Crippen LogP contribution in [0.5, 0.6) is 0 Å². The second-order valence-electron chi connectivity index (χ2n) is 3.53. The lowest BCUT2D eigenvalue weighted by Crippen LogP contribution is -2.29. The van der Waals surface area contributed by atoms with Crippen LogP contribution in [0.2, 0.25) is 0 Å². The predicted octanol–water partition coefficient (Wildman–Crippen LogP) is 2.50. The van der Waals surface area contributed by atoms with Gasteiger partial charge in [0.2, 0.25) is 0 Å². The molecule has 2 unspecified atom stereocenters. The molecule has 50 valence electrons. The van der Waals surface area contributed by atoms with E-state index in [1.165, 1.54) is 12.8 Å². The Labute approximate surface area is 60.2 Å². The van der Waals surface area contributed by atoms with E-state index in [1.807, 2.05) is 11.2 Å². The minimum absolute atomic E-state index is 0.611. The molecule has 3 atom stereocenters. The molecule has 1 heterocycles. The highest BCUT2D eigenvalue weighted by molar-refractivity contribution is 7.91. The minimum Gasteiger partial charge on any atom is -0.127 e. The van der Waals surface area contributed by atoms with E-state index in [0.717, 1.165) is 11.8 Å². The summed E-state index contributed by atoms with van der Waals surface area (Å²) in [6.45, 7) is 4.73. The van der Waals surface area contributed by atoms with Crippen molar-refractivity contribution in [2.45, 2.75) is 31.4 Å². The average Bonchev–Trinajstić information content (AvgIpc) is 1.93. The summed E-state index contributed by atoms with van der Waals surface area (Å²) in [6.07, 6.45) is 2.83. The molecule has 2 aliphatic rings. The predicted molar refractivity (Wildman–Crippen MR) is 41.8 cm³/mol. The first-order valence-corrected chi connectivity index (χ1v) is 4.47. The topological polar surface area (TPSA) is 0 Å². The van der Waals surface area contributed by atoms with Gasteiger partial charge in [0.1, 0.15) is 0 Å². The number of hydrogen-bond donors (Lipinski definition) is 0. The summed E-state index contributed by atoms with van der Waals surface area (Å²) in [5.74, 6) is 1.73. The van der Waals surface area contributed by atoms with Crippen molar-refractivity contribution in [3.63, 3.8) is 0 Å². The van der Waals surface area contributed by atoms with Gasteiger partial charge in [-0.05, 0) is 25.7 Å². The zero-order valence-electron chi connectivity index (χ0n) is 5.98. The molecular formula is C8H12S. The maximum Gasteiger partial charge on any atom is 0.0515 e. The lowest BCUT2D eigenvalue weighted by atomic mass is 9.92. The Morgan fingerprint density at radius 1 is 1.67 bits per heavy atom. The molecule has 1 heteroatoms. The summed E-state index contributed by atoms with van der Waals surface area (Å²) in [4.78, 5) is 0. The Hall–Kier alpha value is 0. The van der Waals surface area contributed by atoms with Gasteiger partial charge in [0.05, 0.1) is 4.75 Å². The van der Waals surface area contributed by atoms with Crippen molar-refractivity contribution in [1.29, 1.82) is 0 Å². The molecule has 0 bridgehead atoms. The SMILES string of the molecule is C[C@@H]1CCC2(C)S#CC12. The van der Waals surface area contributed by atoms with Crippen LogP contribution in [0.4, 0.5) is 0 Å². The van der Waals surface area contributed by atoms with Crippen molar-refractivity contribution in [2.24, 2.45) is 11.8 Å². The molecule has 0 aromatic carbocycles. The van der Waals surface area contributed by atoms with Gasteiger partial charge >= 0.3 is 0 Å². The smallest absolute Gasteiger partial charge is 0.0515 e. The van der Waals surface area contributed by atoms with Crippen LogP contribution in [0.1, 0.15) is 26.7 Å². The summed E-state index contributed by atoms with van der Waals surface area (Å²) in [5, 5.41) is 3.41. The average molecular weight is 140 g/mol. The van der Waals surface area contributed by atoms with Gasteiger partial charge in [-0.1, -0.05) is 12.1 Å². The van der Waals surface area contributed by atoms with E-state index in [1.54, 1.807) is 0 Å². The fourth-order valence-electron chi connectivity index (χ4n) is 1.93. The number of fused-ring (bicyclic) bond motifs is 1. The van der Waals surface area contributed by atoms with Gasteiger partial charge in [-0.15, -0.1) is 11.2 Å². The second kappa shape index (κ2) is 1.53. The summed E-state index contributed by atoms with van der Waals surface area (Å²) in [7, 11) is 0. The first kappa shape index (κ1) is 5.76. The molecular weight excluding hydrogens is 128 g/mol. The van der Waals surface area contributed by atoms with Crippen LogP contribution in [-0.2, 0) is 0 Å². The first-order chi connectivity index (χ1) is 4.22. The normalized spacial score (nSPS) is 54.0. The van der Waals surface area contributed by atoms with E-state index in [9.17, 15) is 0 Å². The zero-order valence-corrected chi connectivity index (χ0v) is 6.79. The zero-order chi connectivity index (χ0) is 6.48. The van der Waals surface area contributed by atoms with Crippen LogP contribution in [0.15, 0.2) is 0 Å². The summed E-state index contributed by atoms with van der Waals surface area (Å²) in [5.41, 5.74) is 0. The van der Waals surface area contributed by atoms with E-state index in [4.69, 9.17) is 0 Å². The molecule has 0 spiro atoms. The molecule has 0 aromatic heterocycles. The fraction of sp³-hybridized carbons (Fsp3) is 0.875. The Morgan fingerprint density at radius 3 is 2.67 bits per heavy atom. The van der Waals surface area contributed by atoms with Gasteiger partial charge in [-0.3, -0.25) is 0 Å². The Balaban J connectivity index is 2.29. The second-order valence-corrected chi connectivity index (χ2v) is 4.90. The quantitative estimate of drug-likeness (QED) is 0.485. The van der Waals surface area contributed by atoms with Gasteiger partial charge < -0.3 is 0 Å².